The quantitative estimate of drug-likeness (QED) is 0.112. The number of aliphatic hydroxyl groups excluding tert-OH is 2. The Bertz CT molecular complexity index is 781. The van der Waals surface area contributed by atoms with Gasteiger partial charge in [-0.15, -0.1) is 0 Å². The van der Waals surface area contributed by atoms with Crippen LogP contribution in [0.1, 0.15) is 6.42 Å². The molecule has 3 aliphatic heterocycles. The first kappa shape index (κ1) is 19.0. The largest absolute Gasteiger partial charge is 0.424 e. The average molecular weight is 397 g/mol. The van der Waals surface area contributed by atoms with Crippen LogP contribution in [0.3, 0.4) is 0 Å². The third-order valence-corrected chi connectivity index (χ3v) is 4.03. The fourth-order valence-corrected chi connectivity index (χ4v) is 2.82. The Balaban J connectivity index is 1.96. The van der Waals surface area contributed by atoms with Crippen molar-refractivity contribution in [1.82, 2.24) is 4.90 Å². The maximum absolute atomic E-state index is 10.8. The lowest BCUT2D eigenvalue weighted by molar-refractivity contribution is -0.356. The van der Waals surface area contributed by atoms with Crippen LogP contribution in [-0.2, 0) is 24.4 Å². The van der Waals surface area contributed by atoms with Crippen molar-refractivity contribution in [3.63, 3.8) is 0 Å². The molecule has 0 saturated carbocycles. The third kappa shape index (κ3) is 3.06. The molecule has 3 aliphatic rings. The Hall–Kier alpha value is -1.76. The predicted octanol–water partition coefficient (Wildman–Crippen LogP) is -4.39. The van der Waals surface area contributed by atoms with Crippen molar-refractivity contribution in [2.45, 2.75) is 36.5 Å². The molecule has 3 heterocycles. The molecule has 1 unspecified atom stereocenters. The fourth-order valence-electron chi connectivity index (χ4n) is 2.64. The molecule has 16 heteroatoms. The van der Waals surface area contributed by atoms with Crippen LogP contribution in [0.2, 0.25) is 0 Å². The molecule has 0 radical (unpaired) electrons. The molecular formula is C10H15N5O10S. The number of guanidine groups is 1. The van der Waals surface area contributed by atoms with Gasteiger partial charge in [0.15, 0.2) is 5.84 Å². The summed E-state index contributed by atoms with van der Waals surface area (Å²) >= 11 is 0. The molecule has 0 aromatic heterocycles. The van der Waals surface area contributed by atoms with Crippen LogP contribution < -0.4 is 5.73 Å². The van der Waals surface area contributed by atoms with Crippen molar-refractivity contribution in [1.29, 1.82) is 0 Å². The minimum absolute atomic E-state index is 0.0492. The van der Waals surface area contributed by atoms with Gasteiger partial charge in [0.05, 0.1) is 19.0 Å². The van der Waals surface area contributed by atoms with Crippen molar-refractivity contribution in [3.8, 4) is 0 Å². The highest BCUT2D eigenvalue weighted by Gasteiger charge is 2.65. The summed E-state index contributed by atoms with van der Waals surface area (Å²) < 4.78 is 39.4. The van der Waals surface area contributed by atoms with Gasteiger partial charge in [-0.2, -0.15) is 23.3 Å². The average Bonchev–Trinajstić information content (AvgIpc) is 3.05. The summed E-state index contributed by atoms with van der Waals surface area (Å²) in [5.41, 5.74) is 2.65. The number of fused-ring (bicyclic) bond motifs is 1. The van der Waals surface area contributed by atoms with Crippen molar-refractivity contribution >= 4 is 28.5 Å². The number of hydrogen-bond donors (Lipinski definition) is 6. The number of nitrogens with zero attached hydrogens (tertiary/aromatic N) is 4. The SMILES string of the molecule is NC1=NC(O)(O)C2(OOS(=O)(=O)O)N=CN([C@H]3C[C@H](O)[C@@H](CO)O3)C2=N1. The molecule has 26 heavy (non-hydrogen) atoms. The number of rotatable bonds is 5. The van der Waals surface area contributed by atoms with Gasteiger partial charge in [-0.1, -0.05) is 4.33 Å². The standard InChI is InChI=1S/C10H15N5O10S/c11-8-13-7-9(10(18,19)14-8,24-25-26(20,21)22)12-3-15(7)6-1-4(17)5(2-16)23-6/h3-6,16-19H,1-2H2,(H2,11,14)(H,20,21,22)/t4-,5+,6+,9?/m0/s1. The summed E-state index contributed by atoms with van der Waals surface area (Å²) in [5, 5.41) is 39.2. The number of nitrogens with two attached hydrogens (primary N) is 1. The molecule has 3 rings (SSSR count). The second-order valence-corrected chi connectivity index (χ2v) is 6.52. The highest BCUT2D eigenvalue weighted by molar-refractivity contribution is 7.80. The molecule has 0 amide bonds. The highest BCUT2D eigenvalue weighted by Crippen LogP contribution is 2.39. The molecular weight excluding hydrogens is 382 g/mol. The predicted molar refractivity (Wildman–Crippen MR) is 79.4 cm³/mol. The summed E-state index contributed by atoms with van der Waals surface area (Å²) in [6.07, 6.45) is -2.10. The summed E-state index contributed by atoms with van der Waals surface area (Å²) in [5.74, 6) is -4.39. The van der Waals surface area contributed by atoms with Gasteiger partial charge in [-0.3, -0.25) is 9.45 Å². The molecule has 0 bridgehead atoms. The van der Waals surface area contributed by atoms with Gasteiger partial charge >= 0.3 is 22.0 Å². The molecule has 1 fully saturated rings. The van der Waals surface area contributed by atoms with E-state index >= 15 is 0 Å². The van der Waals surface area contributed by atoms with Gasteiger partial charge in [0.2, 0.25) is 5.96 Å². The van der Waals surface area contributed by atoms with Gasteiger partial charge in [-0.05, 0) is 0 Å². The van der Waals surface area contributed by atoms with E-state index in [9.17, 15) is 23.7 Å². The summed E-state index contributed by atoms with van der Waals surface area (Å²) in [7, 11) is -5.16. The Morgan fingerprint density at radius 1 is 1.46 bits per heavy atom. The van der Waals surface area contributed by atoms with Crippen molar-refractivity contribution < 1.29 is 47.4 Å². The smallest absolute Gasteiger partial charge is 0.394 e. The molecule has 0 aromatic rings. The molecule has 0 spiro atoms. The minimum Gasteiger partial charge on any atom is -0.394 e. The minimum atomic E-state index is -5.16. The summed E-state index contributed by atoms with van der Waals surface area (Å²) in [6, 6.07) is 0. The summed E-state index contributed by atoms with van der Waals surface area (Å²) in [6.45, 7) is -0.490. The second kappa shape index (κ2) is 6.15. The zero-order valence-corrected chi connectivity index (χ0v) is 13.6. The zero-order chi connectivity index (χ0) is 19.3. The number of amidine groups is 1. The van der Waals surface area contributed by atoms with Gasteiger partial charge < -0.3 is 30.9 Å². The van der Waals surface area contributed by atoms with Gasteiger partial charge in [0.1, 0.15) is 12.3 Å². The van der Waals surface area contributed by atoms with E-state index in [2.05, 4.69) is 24.2 Å². The Morgan fingerprint density at radius 2 is 2.15 bits per heavy atom. The first-order chi connectivity index (χ1) is 12.0. The van der Waals surface area contributed by atoms with E-state index in [1.54, 1.807) is 0 Å². The van der Waals surface area contributed by atoms with Gasteiger partial charge in [0.25, 0.3) is 0 Å². The van der Waals surface area contributed by atoms with Crippen LogP contribution >= 0.6 is 0 Å². The lowest BCUT2D eigenvalue weighted by atomic mass is 10.1. The van der Waals surface area contributed by atoms with Crippen LogP contribution in [0, 0.1) is 0 Å². The van der Waals surface area contributed by atoms with Crippen molar-refractivity contribution in [2.75, 3.05) is 6.61 Å². The van der Waals surface area contributed by atoms with E-state index in [0.717, 1.165) is 11.2 Å². The lowest BCUT2D eigenvalue weighted by Gasteiger charge is -2.37. The Labute approximate surface area is 145 Å². The molecule has 7 N–H and O–H groups in total. The topological polar surface area (TPSA) is 229 Å². The Morgan fingerprint density at radius 3 is 2.73 bits per heavy atom. The van der Waals surface area contributed by atoms with Crippen LogP contribution in [0.15, 0.2) is 15.0 Å². The Kier molecular flexibility index (Phi) is 4.50. The fraction of sp³-hybridized carbons (Fsp3) is 0.700. The highest BCUT2D eigenvalue weighted by atomic mass is 32.3. The molecule has 146 valence electrons. The molecule has 0 aliphatic carbocycles. The number of hydrogen-bond acceptors (Lipinski definition) is 14. The first-order valence-electron chi connectivity index (χ1n) is 7.01. The monoisotopic (exact) mass is 397 g/mol. The maximum atomic E-state index is 10.8. The molecule has 15 nitrogen and oxygen atoms in total. The third-order valence-electron chi connectivity index (χ3n) is 3.79. The maximum Gasteiger partial charge on any atom is 0.424 e. The van der Waals surface area contributed by atoms with Crippen LogP contribution in [0.5, 0.6) is 0 Å². The van der Waals surface area contributed by atoms with E-state index in [4.69, 9.17) is 20.1 Å². The second-order valence-electron chi connectivity index (χ2n) is 5.53. The van der Waals surface area contributed by atoms with E-state index in [1.165, 1.54) is 0 Å². The number of ether oxygens (including phenoxy) is 1. The van der Waals surface area contributed by atoms with Crippen molar-refractivity contribution in [3.05, 3.63) is 0 Å². The number of aliphatic hydroxyl groups is 4. The van der Waals surface area contributed by atoms with E-state index in [-0.39, 0.29) is 6.42 Å². The summed E-state index contributed by atoms with van der Waals surface area (Å²) in [4.78, 5) is 16.1. The molecule has 4 atom stereocenters. The molecule has 1 saturated heterocycles. The van der Waals surface area contributed by atoms with Crippen LogP contribution in [-0.4, -0.2) is 93.1 Å². The van der Waals surface area contributed by atoms with Gasteiger partial charge in [-0.25, -0.2) is 4.99 Å². The van der Waals surface area contributed by atoms with E-state index < -0.39 is 58.9 Å². The van der Waals surface area contributed by atoms with Crippen LogP contribution in [0.25, 0.3) is 0 Å². The lowest BCUT2D eigenvalue weighted by Crippen LogP contribution is -2.63. The normalized spacial score (nSPS) is 36.0. The number of aliphatic imine (C=N–C) groups is 3. The van der Waals surface area contributed by atoms with E-state index in [1.807, 2.05) is 0 Å². The zero-order valence-electron chi connectivity index (χ0n) is 12.8. The van der Waals surface area contributed by atoms with Crippen LogP contribution in [0.4, 0.5) is 0 Å². The van der Waals surface area contributed by atoms with Crippen molar-refractivity contribution in [2.24, 2.45) is 20.7 Å². The first-order valence-corrected chi connectivity index (χ1v) is 8.37. The van der Waals surface area contributed by atoms with Gasteiger partial charge in [0, 0.05) is 6.42 Å². The van der Waals surface area contributed by atoms with E-state index in [0.29, 0.717) is 0 Å². The molecule has 0 aromatic carbocycles.